The van der Waals surface area contributed by atoms with Crippen molar-refractivity contribution in [2.45, 2.75) is 71.9 Å². The number of piperidine rings is 1. The minimum absolute atomic E-state index is 0.0675. The normalized spacial score (nSPS) is 17.6. The molecule has 7 heteroatoms. The minimum atomic E-state index is -0.0675. The largest absolute Gasteiger partial charge is 0.493 e. The standard InChI is InChI=1S/C28H37N5O2/c1-17-6-9-22(35-15-19-7-8-19)21(14-17)24-26-25(30-16-29-24)23(18(2)31-26)27(34)32-20-10-12-33(13-11-20)28(3,4)5/h6,9,14,16,19-20,31H,7-8,10-13,15H2,1-5H3,(H,32,34). The number of hydrogen-bond donors (Lipinski definition) is 2. The zero-order chi connectivity index (χ0) is 24.7. The lowest BCUT2D eigenvalue weighted by atomic mass is 9.98. The average molecular weight is 476 g/mol. The van der Waals surface area contributed by atoms with Gasteiger partial charge in [0, 0.05) is 35.9 Å². The Labute approximate surface area is 207 Å². The molecule has 1 aromatic carbocycles. The maximum absolute atomic E-state index is 13.4. The number of ether oxygens (including phenoxy) is 1. The highest BCUT2D eigenvalue weighted by molar-refractivity contribution is 6.09. The molecule has 1 aliphatic carbocycles. The van der Waals surface area contributed by atoms with Crippen molar-refractivity contribution in [1.29, 1.82) is 0 Å². The molecule has 7 nitrogen and oxygen atoms in total. The molecule has 35 heavy (non-hydrogen) atoms. The van der Waals surface area contributed by atoms with Crippen LogP contribution in [-0.4, -0.2) is 57.0 Å². The third kappa shape index (κ3) is 5.06. The minimum Gasteiger partial charge on any atom is -0.493 e. The van der Waals surface area contributed by atoms with Crippen molar-refractivity contribution in [2.75, 3.05) is 19.7 Å². The van der Waals surface area contributed by atoms with Gasteiger partial charge in [0.2, 0.25) is 0 Å². The number of aromatic amines is 1. The lowest BCUT2D eigenvalue weighted by molar-refractivity contribution is 0.0813. The van der Waals surface area contributed by atoms with Crippen molar-refractivity contribution >= 4 is 16.9 Å². The molecule has 0 spiro atoms. The van der Waals surface area contributed by atoms with Gasteiger partial charge in [-0.15, -0.1) is 0 Å². The molecule has 2 aliphatic rings. The van der Waals surface area contributed by atoms with E-state index in [4.69, 9.17) is 4.74 Å². The second-order valence-electron chi connectivity index (χ2n) is 11.2. The lowest BCUT2D eigenvalue weighted by Crippen LogP contribution is -2.50. The quantitative estimate of drug-likeness (QED) is 0.523. The van der Waals surface area contributed by atoms with Crippen molar-refractivity contribution in [3.63, 3.8) is 0 Å². The van der Waals surface area contributed by atoms with Gasteiger partial charge in [-0.05, 0) is 78.4 Å². The molecule has 1 amide bonds. The first kappa shape index (κ1) is 23.8. The monoisotopic (exact) mass is 475 g/mol. The first-order chi connectivity index (χ1) is 16.7. The second-order valence-corrected chi connectivity index (χ2v) is 11.2. The van der Waals surface area contributed by atoms with Gasteiger partial charge in [0.05, 0.1) is 17.7 Å². The van der Waals surface area contributed by atoms with Gasteiger partial charge in [-0.1, -0.05) is 11.6 Å². The third-order valence-corrected chi connectivity index (χ3v) is 7.34. The number of hydrogen-bond acceptors (Lipinski definition) is 5. The van der Waals surface area contributed by atoms with Crippen LogP contribution in [0.25, 0.3) is 22.3 Å². The van der Waals surface area contributed by atoms with E-state index in [0.29, 0.717) is 17.0 Å². The van der Waals surface area contributed by atoms with Crippen LogP contribution in [0.2, 0.25) is 0 Å². The van der Waals surface area contributed by atoms with Gasteiger partial charge in [-0.2, -0.15) is 0 Å². The van der Waals surface area contributed by atoms with Crippen LogP contribution in [0.4, 0.5) is 0 Å². The zero-order valence-electron chi connectivity index (χ0n) is 21.6. The van der Waals surface area contributed by atoms with Crippen molar-refractivity contribution in [3.05, 3.63) is 41.3 Å². The topological polar surface area (TPSA) is 83.1 Å². The summed E-state index contributed by atoms with van der Waals surface area (Å²) in [6.45, 7) is 13.4. The molecule has 0 atom stereocenters. The van der Waals surface area contributed by atoms with Gasteiger partial charge in [0.15, 0.2) is 0 Å². The van der Waals surface area contributed by atoms with E-state index in [2.05, 4.69) is 65.0 Å². The Kier molecular flexibility index (Phi) is 6.30. The highest BCUT2D eigenvalue weighted by Gasteiger charge is 2.29. The van der Waals surface area contributed by atoms with Crippen LogP contribution in [0.1, 0.15) is 68.1 Å². The first-order valence-corrected chi connectivity index (χ1v) is 12.8. The van der Waals surface area contributed by atoms with Gasteiger partial charge >= 0.3 is 0 Å². The van der Waals surface area contributed by atoms with Crippen molar-refractivity contribution in [3.8, 4) is 17.0 Å². The van der Waals surface area contributed by atoms with Crippen molar-refractivity contribution in [1.82, 2.24) is 25.2 Å². The number of nitrogens with zero attached hydrogens (tertiary/aromatic N) is 3. The molecular formula is C28H37N5O2. The van der Waals surface area contributed by atoms with Gasteiger partial charge in [-0.3, -0.25) is 9.69 Å². The number of rotatable bonds is 6. The molecule has 0 bridgehead atoms. The Balaban J connectivity index is 1.41. The predicted octanol–water partition coefficient (Wildman–Crippen LogP) is 5.02. The van der Waals surface area contributed by atoms with Crippen LogP contribution in [-0.2, 0) is 0 Å². The van der Waals surface area contributed by atoms with Crippen LogP contribution in [0.3, 0.4) is 0 Å². The maximum atomic E-state index is 13.4. The molecule has 3 aromatic rings. The van der Waals surface area contributed by atoms with E-state index in [1.165, 1.54) is 12.8 Å². The summed E-state index contributed by atoms with van der Waals surface area (Å²) in [6.07, 6.45) is 5.94. The van der Waals surface area contributed by atoms with E-state index in [1.807, 2.05) is 13.0 Å². The van der Waals surface area contributed by atoms with Crippen LogP contribution >= 0.6 is 0 Å². The number of aromatic nitrogens is 3. The maximum Gasteiger partial charge on any atom is 0.255 e. The Hall–Kier alpha value is -2.93. The smallest absolute Gasteiger partial charge is 0.255 e. The number of amides is 1. The van der Waals surface area contributed by atoms with E-state index in [0.717, 1.165) is 66.3 Å². The molecule has 1 saturated heterocycles. The van der Waals surface area contributed by atoms with Crippen LogP contribution in [0.15, 0.2) is 24.5 Å². The van der Waals surface area contributed by atoms with E-state index in [-0.39, 0.29) is 17.5 Å². The molecule has 186 valence electrons. The Morgan fingerprint density at radius 3 is 2.57 bits per heavy atom. The molecule has 0 radical (unpaired) electrons. The van der Waals surface area contributed by atoms with Crippen LogP contribution in [0.5, 0.6) is 5.75 Å². The highest BCUT2D eigenvalue weighted by Crippen LogP contribution is 2.37. The SMILES string of the molecule is Cc1ccc(OCC2CC2)c(-c2ncnc3c(C(=O)NC4CCN(C(C)(C)C)CC4)c(C)[nH]c23)c1. The zero-order valence-corrected chi connectivity index (χ0v) is 21.6. The number of fused-ring (bicyclic) bond motifs is 1. The first-order valence-electron chi connectivity index (χ1n) is 12.8. The predicted molar refractivity (Wildman–Crippen MR) is 139 cm³/mol. The highest BCUT2D eigenvalue weighted by atomic mass is 16.5. The van der Waals surface area contributed by atoms with Gasteiger partial charge in [0.1, 0.15) is 23.3 Å². The number of carbonyl (C=O) groups is 1. The number of carbonyl (C=O) groups excluding carboxylic acids is 1. The summed E-state index contributed by atoms with van der Waals surface area (Å²) in [4.78, 5) is 28.5. The van der Waals surface area contributed by atoms with Gasteiger partial charge in [0.25, 0.3) is 5.91 Å². The fourth-order valence-corrected chi connectivity index (χ4v) is 5.00. The summed E-state index contributed by atoms with van der Waals surface area (Å²) >= 11 is 0. The molecule has 1 aliphatic heterocycles. The molecule has 2 fully saturated rings. The summed E-state index contributed by atoms with van der Waals surface area (Å²) in [7, 11) is 0. The van der Waals surface area contributed by atoms with Crippen LogP contribution < -0.4 is 10.1 Å². The average Bonchev–Trinajstić information content (AvgIpc) is 3.57. The number of H-pyrrole nitrogens is 1. The summed E-state index contributed by atoms with van der Waals surface area (Å²) in [5.41, 5.74) is 5.84. The van der Waals surface area contributed by atoms with Crippen LogP contribution in [0, 0.1) is 19.8 Å². The second kappa shape index (κ2) is 9.26. The Morgan fingerprint density at radius 1 is 1.14 bits per heavy atom. The molecule has 5 rings (SSSR count). The van der Waals surface area contributed by atoms with Crippen molar-refractivity contribution < 1.29 is 9.53 Å². The fraction of sp³-hybridized carbons (Fsp3) is 0.536. The molecule has 2 aromatic heterocycles. The van der Waals surface area contributed by atoms with Gasteiger partial charge < -0.3 is 15.0 Å². The molecule has 2 N–H and O–H groups in total. The molecule has 1 saturated carbocycles. The lowest BCUT2D eigenvalue weighted by Gasteiger charge is -2.41. The summed E-state index contributed by atoms with van der Waals surface area (Å²) in [5.74, 6) is 1.42. The number of aryl methyl sites for hydroxylation is 2. The van der Waals surface area contributed by atoms with E-state index >= 15 is 0 Å². The number of benzene rings is 1. The Bertz CT molecular complexity index is 1230. The summed E-state index contributed by atoms with van der Waals surface area (Å²) in [5, 5.41) is 3.27. The number of likely N-dealkylation sites (tertiary alicyclic amines) is 1. The Morgan fingerprint density at radius 2 is 1.89 bits per heavy atom. The number of nitrogens with one attached hydrogen (secondary N) is 2. The molecule has 0 unspecified atom stereocenters. The third-order valence-electron chi connectivity index (χ3n) is 7.34. The fourth-order valence-electron chi connectivity index (χ4n) is 5.00. The van der Waals surface area contributed by atoms with E-state index in [9.17, 15) is 4.79 Å². The summed E-state index contributed by atoms with van der Waals surface area (Å²) in [6, 6.07) is 6.36. The molecular weight excluding hydrogens is 438 g/mol. The molecule has 3 heterocycles. The van der Waals surface area contributed by atoms with E-state index < -0.39 is 0 Å². The summed E-state index contributed by atoms with van der Waals surface area (Å²) < 4.78 is 6.18. The van der Waals surface area contributed by atoms with E-state index in [1.54, 1.807) is 6.33 Å². The van der Waals surface area contributed by atoms with Crippen molar-refractivity contribution in [2.24, 2.45) is 5.92 Å². The van der Waals surface area contributed by atoms with Gasteiger partial charge in [-0.25, -0.2) is 9.97 Å².